The molecule has 0 bridgehead atoms. The van der Waals surface area contributed by atoms with Gasteiger partial charge in [0.15, 0.2) is 0 Å². The lowest BCUT2D eigenvalue weighted by molar-refractivity contribution is -0.144. The second kappa shape index (κ2) is 17.5. The molecule has 0 aromatic heterocycles. The standard InChI is InChI=1S/C6H12O2.C3H8.C2H6/c1-4-5(2)6(7)8-3;1-3-2;1-2/h5H,4H2,1-3H3;3H2,1-2H3;1-2H3. The van der Waals surface area contributed by atoms with Crippen molar-refractivity contribution in [1.29, 1.82) is 0 Å². The van der Waals surface area contributed by atoms with Crippen LogP contribution in [-0.2, 0) is 9.53 Å². The highest BCUT2D eigenvalue weighted by molar-refractivity contribution is 5.71. The molecule has 0 aliphatic heterocycles. The summed E-state index contributed by atoms with van der Waals surface area (Å²) in [5.74, 6) is -0.0625. The molecule has 0 N–H and O–H groups in total. The predicted molar refractivity (Wildman–Crippen MR) is 58.8 cm³/mol. The van der Waals surface area contributed by atoms with Crippen LogP contribution in [0, 0.1) is 5.92 Å². The summed E-state index contributed by atoms with van der Waals surface area (Å²) in [6.45, 7) is 12.1. The average molecular weight is 190 g/mol. The van der Waals surface area contributed by atoms with Gasteiger partial charge in [-0.3, -0.25) is 4.79 Å². The third kappa shape index (κ3) is 18.4. The SMILES string of the molecule is CC.CCC.CCC(C)C(=O)OC. The first-order chi connectivity index (χ1) is 6.13. The lowest BCUT2D eigenvalue weighted by atomic mass is 10.1. The van der Waals surface area contributed by atoms with Crippen LogP contribution in [0.1, 0.15) is 54.4 Å². The fourth-order valence-corrected chi connectivity index (χ4v) is 0.368. The van der Waals surface area contributed by atoms with Crippen LogP contribution in [0.3, 0.4) is 0 Å². The van der Waals surface area contributed by atoms with Crippen LogP contribution in [-0.4, -0.2) is 13.1 Å². The van der Waals surface area contributed by atoms with Crippen LogP contribution < -0.4 is 0 Å². The Balaban J connectivity index is -0.000000169. The Morgan fingerprint density at radius 1 is 1.23 bits per heavy atom. The summed E-state index contributed by atoms with van der Waals surface area (Å²) in [5.41, 5.74) is 0. The monoisotopic (exact) mass is 190 g/mol. The molecule has 0 aromatic rings. The Bertz CT molecular complexity index is 90.1. The Morgan fingerprint density at radius 2 is 1.54 bits per heavy atom. The normalized spacial score (nSPS) is 9.77. The zero-order valence-electron chi connectivity index (χ0n) is 10.3. The summed E-state index contributed by atoms with van der Waals surface area (Å²) in [4.78, 5) is 10.5. The minimum atomic E-state index is -0.118. The molecule has 1 atom stereocenters. The molecule has 0 rings (SSSR count). The van der Waals surface area contributed by atoms with E-state index in [4.69, 9.17) is 0 Å². The van der Waals surface area contributed by atoms with E-state index in [1.807, 2.05) is 27.7 Å². The highest BCUT2D eigenvalue weighted by Crippen LogP contribution is 2.00. The minimum absolute atomic E-state index is 0.0556. The third-order valence-corrected chi connectivity index (χ3v) is 1.22. The highest BCUT2D eigenvalue weighted by atomic mass is 16.5. The first-order valence-corrected chi connectivity index (χ1v) is 5.21. The summed E-state index contributed by atoms with van der Waals surface area (Å²) in [6, 6.07) is 0. The average Bonchev–Trinajstić information content (AvgIpc) is 2.19. The fraction of sp³-hybridized carbons (Fsp3) is 0.909. The maximum atomic E-state index is 10.5. The van der Waals surface area contributed by atoms with Crippen LogP contribution in [0.2, 0.25) is 0 Å². The van der Waals surface area contributed by atoms with Gasteiger partial charge >= 0.3 is 5.97 Å². The van der Waals surface area contributed by atoms with Gasteiger partial charge in [0, 0.05) is 0 Å². The summed E-state index contributed by atoms with van der Waals surface area (Å²) < 4.78 is 4.46. The zero-order valence-corrected chi connectivity index (χ0v) is 10.3. The molecule has 0 aromatic carbocycles. The largest absolute Gasteiger partial charge is 0.469 e. The number of hydrogen-bond acceptors (Lipinski definition) is 2. The molecular weight excluding hydrogens is 164 g/mol. The number of carbonyl (C=O) groups excluding carboxylic acids is 1. The van der Waals surface area contributed by atoms with Gasteiger partial charge in [-0.1, -0.05) is 48.0 Å². The van der Waals surface area contributed by atoms with Crippen molar-refractivity contribution >= 4 is 5.97 Å². The van der Waals surface area contributed by atoms with Gasteiger partial charge in [-0.25, -0.2) is 0 Å². The molecule has 0 fully saturated rings. The molecule has 0 saturated carbocycles. The van der Waals surface area contributed by atoms with Crippen molar-refractivity contribution in [1.82, 2.24) is 0 Å². The summed E-state index contributed by atoms with van der Waals surface area (Å²) >= 11 is 0. The van der Waals surface area contributed by atoms with Gasteiger partial charge in [-0.05, 0) is 6.42 Å². The molecule has 2 heteroatoms. The Labute approximate surface area is 83.7 Å². The smallest absolute Gasteiger partial charge is 0.308 e. The second-order valence-electron chi connectivity index (χ2n) is 2.54. The van der Waals surface area contributed by atoms with E-state index in [0.717, 1.165) is 6.42 Å². The molecule has 82 valence electrons. The van der Waals surface area contributed by atoms with E-state index in [1.165, 1.54) is 13.5 Å². The summed E-state index contributed by atoms with van der Waals surface area (Å²) in [7, 11) is 1.41. The molecule has 0 heterocycles. The molecule has 0 spiro atoms. The lowest BCUT2D eigenvalue weighted by Gasteiger charge is -2.02. The van der Waals surface area contributed by atoms with Crippen molar-refractivity contribution < 1.29 is 9.53 Å². The molecule has 0 amide bonds. The highest BCUT2D eigenvalue weighted by Gasteiger charge is 2.08. The van der Waals surface area contributed by atoms with Gasteiger partial charge in [0.25, 0.3) is 0 Å². The van der Waals surface area contributed by atoms with Crippen LogP contribution in [0.15, 0.2) is 0 Å². The molecule has 13 heavy (non-hydrogen) atoms. The minimum Gasteiger partial charge on any atom is -0.469 e. The summed E-state index contributed by atoms with van der Waals surface area (Å²) in [6.07, 6.45) is 2.10. The van der Waals surface area contributed by atoms with E-state index >= 15 is 0 Å². The molecular formula is C11H26O2. The van der Waals surface area contributed by atoms with Gasteiger partial charge in [-0.15, -0.1) is 0 Å². The Morgan fingerprint density at radius 3 is 1.62 bits per heavy atom. The van der Waals surface area contributed by atoms with Gasteiger partial charge in [0.1, 0.15) is 0 Å². The number of methoxy groups -OCH3 is 1. The number of hydrogen-bond donors (Lipinski definition) is 0. The number of rotatable bonds is 2. The zero-order chi connectivity index (χ0) is 11.3. The van der Waals surface area contributed by atoms with Gasteiger partial charge in [0.2, 0.25) is 0 Å². The maximum Gasteiger partial charge on any atom is 0.308 e. The molecule has 0 aliphatic rings. The fourth-order valence-electron chi connectivity index (χ4n) is 0.368. The molecule has 0 radical (unpaired) electrons. The van der Waals surface area contributed by atoms with E-state index < -0.39 is 0 Å². The topological polar surface area (TPSA) is 26.3 Å². The second-order valence-corrected chi connectivity index (χ2v) is 2.54. The van der Waals surface area contributed by atoms with Crippen molar-refractivity contribution in [2.75, 3.05) is 7.11 Å². The molecule has 0 saturated heterocycles. The van der Waals surface area contributed by atoms with Crippen LogP contribution in [0.4, 0.5) is 0 Å². The van der Waals surface area contributed by atoms with Crippen molar-refractivity contribution in [2.45, 2.75) is 54.4 Å². The molecule has 2 nitrogen and oxygen atoms in total. The van der Waals surface area contributed by atoms with E-state index in [-0.39, 0.29) is 11.9 Å². The van der Waals surface area contributed by atoms with E-state index in [1.54, 1.807) is 0 Å². The quantitative estimate of drug-likeness (QED) is 0.621. The van der Waals surface area contributed by atoms with Crippen molar-refractivity contribution in [3.8, 4) is 0 Å². The Hall–Kier alpha value is -0.530. The maximum absolute atomic E-state index is 10.5. The van der Waals surface area contributed by atoms with Gasteiger partial charge in [-0.2, -0.15) is 0 Å². The van der Waals surface area contributed by atoms with E-state index in [2.05, 4.69) is 18.6 Å². The molecule has 0 aliphatic carbocycles. The van der Waals surface area contributed by atoms with Crippen LogP contribution >= 0.6 is 0 Å². The van der Waals surface area contributed by atoms with Crippen molar-refractivity contribution in [3.05, 3.63) is 0 Å². The first-order valence-electron chi connectivity index (χ1n) is 5.21. The first kappa shape index (κ1) is 18.3. The van der Waals surface area contributed by atoms with E-state index in [9.17, 15) is 4.79 Å². The number of ether oxygens (including phenoxy) is 1. The predicted octanol–water partition coefficient (Wildman–Crippen LogP) is 3.65. The van der Waals surface area contributed by atoms with E-state index in [0.29, 0.717) is 0 Å². The van der Waals surface area contributed by atoms with Crippen LogP contribution in [0.25, 0.3) is 0 Å². The van der Waals surface area contributed by atoms with Crippen molar-refractivity contribution in [3.63, 3.8) is 0 Å². The lowest BCUT2D eigenvalue weighted by Crippen LogP contribution is -2.10. The summed E-state index contributed by atoms with van der Waals surface area (Å²) in [5, 5.41) is 0. The Kier molecular flexibility index (Phi) is 24.7. The third-order valence-electron chi connectivity index (χ3n) is 1.22. The number of esters is 1. The van der Waals surface area contributed by atoms with Crippen molar-refractivity contribution in [2.24, 2.45) is 5.92 Å². The number of carbonyl (C=O) groups is 1. The van der Waals surface area contributed by atoms with Gasteiger partial charge in [0.05, 0.1) is 13.0 Å². The molecule has 1 unspecified atom stereocenters. The van der Waals surface area contributed by atoms with Gasteiger partial charge < -0.3 is 4.74 Å². The van der Waals surface area contributed by atoms with Crippen LogP contribution in [0.5, 0.6) is 0 Å².